The average molecular weight is 1320 g/mol. The van der Waals surface area contributed by atoms with Crippen molar-refractivity contribution in [1.29, 1.82) is 0 Å². The molecule has 24 N–H and O–H groups in total. The molecule has 2 fully saturated rings. The van der Waals surface area contributed by atoms with Gasteiger partial charge in [0, 0.05) is 39.1 Å². The molecule has 2 aliphatic heterocycles. The van der Waals surface area contributed by atoms with E-state index >= 15 is 0 Å². The van der Waals surface area contributed by atoms with Crippen LogP contribution in [0.5, 0.6) is 5.75 Å². The summed E-state index contributed by atoms with van der Waals surface area (Å²) in [5, 5.41) is 38.4. The summed E-state index contributed by atoms with van der Waals surface area (Å²) in [6.07, 6.45) is 0.852. The fraction of sp³-hybridized carbons (Fsp3) is 0.484. The number of phenolic OH excluding ortho intramolecular Hbond substituents is 1. The van der Waals surface area contributed by atoms with Gasteiger partial charge in [-0.25, -0.2) is 0 Å². The predicted molar refractivity (Wildman–Crippen MR) is 349 cm³/mol. The third-order valence-electron chi connectivity index (χ3n) is 15.4. The van der Waals surface area contributed by atoms with E-state index in [-0.39, 0.29) is 88.7 Å². The summed E-state index contributed by atoms with van der Waals surface area (Å²) in [7, 11) is 0. The number of guanidine groups is 2. The van der Waals surface area contributed by atoms with Crippen LogP contribution < -0.4 is 92.9 Å². The first-order chi connectivity index (χ1) is 45.4. The smallest absolute Gasteiger partial charge is 0.245 e. The van der Waals surface area contributed by atoms with E-state index in [1.54, 1.807) is 42.5 Å². The SMILES string of the molecule is C[C@@H]1NC(=O)[C@H](NC(=O)[C@H](Cc2ccccc2)NC(=O)CNC(=O)CNC(=O)[C@H](Cc2ccc(O)cc2)NCc2ccccc2)CC(=O)NCC(C(=O)N[C@@H](CCCN=C(N)N)C(=O)N2CCC[C@H]2C(=O)N[C@@H](CCCCN)C(N)=O)NC(=O)[C@H](CCCN=C(N)N)NC1=O. The Morgan fingerprint density at radius 2 is 1.24 bits per heavy atom. The Bertz CT molecular complexity index is 3170. The molecule has 3 aromatic carbocycles. The first kappa shape index (κ1) is 75.3. The Morgan fingerprint density at radius 1 is 0.632 bits per heavy atom. The van der Waals surface area contributed by atoms with E-state index in [0.717, 1.165) is 11.1 Å². The summed E-state index contributed by atoms with van der Waals surface area (Å²) in [5.41, 5.74) is 35.5. The monoisotopic (exact) mass is 1320 g/mol. The second-order valence-electron chi connectivity index (χ2n) is 22.9. The number of hydrogen-bond acceptors (Lipinski definition) is 17. The number of benzene rings is 3. The van der Waals surface area contributed by atoms with Gasteiger partial charge >= 0.3 is 0 Å². The standard InChI is InChI=1S/C62H90N20O13/c1-36-53(88)78-42(18-10-26-69-61(65)66)55(90)81-47(58(93)79-43(19-11-27-70-62(67)68)60(95)82-28-12-20-48(82)59(94)77-41(52(64)87)17-8-9-25-63)33-72-49(84)31-46(56(91)75-36)80-57(92)45(30-37-13-4-2-5-14-37)76-51(86)35-73-50(85)34-74-54(89)44(29-38-21-23-40(83)24-22-38)71-32-39-15-6-3-7-16-39/h2-7,13-16,21-24,36,41-48,71,83H,8-12,17-20,25-35,63H2,1H3,(H2,64,87)(H,72,84)(H,73,85)(H,74,89)(H,75,91)(H,76,86)(H,77,94)(H,78,88)(H,79,93)(H,80,92)(H,81,90)(H4,65,66,69)(H4,67,68,70)/t36-,41-,42-,43-,44-,45-,46+,47?,48-/m0/s1. The normalized spacial score (nSPS) is 18.8. The Balaban J connectivity index is 1.35. The van der Waals surface area contributed by atoms with Gasteiger partial charge < -0.3 is 103 Å². The van der Waals surface area contributed by atoms with Crippen molar-refractivity contribution in [2.75, 3.05) is 45.8 Å². The number of aliphatic imine (C=N–C) groups is 2. The first-order valence-corrected chi connectivity index (χ1v) is 31.3. The van der Waals surface area contributed by atoms with Crippen molar-refractivity contribution >= 4 is 82.8 Å². The summed E-state index contributed by atoms with van der Waals surface area (Å²) in [6, 6.07) is 11.6. The number of nitrogens with one attached hydrogen (secondary N) is 11. The van der Waals surface area contributed by atoms with Gasteiger partial charge in [-0.15, -0.1) is 0 Å². The molecule has 33 nitrogen and oxygen atoms in total. The fourth-order valence-corrected chi connectivity index (χ4v) is 10.3. The van der Waals surface area contributed by atoms with E-state index in [4.69, 9.17) is 34.4 Å². The van der Waals surface area contributed by atoms with Crippen LogP contribution in [0, 0.1) is 0 Å². The molecule has 516 valence electrons. The minimum Gasteiger partial charge on any atom is -0.508 e. The molecule has 9 atom stereocenters. The number of unbranched alkanes of at least 4 members (excludes halogenated alkanes) is 1. The number of amides is 12. The molecule has 95 heavy (non-hydrogen) atoms. The number of hydrogen-bond donors (Lipinski definition) is 18. The van der Waals surface area contributed by atoms with Crippen LogP contribution in [0.1, 0.15) is 87.8 Å². The van der Waals surface area contributed by atoms with Gasteiger partial charge in [0.25, 0.3) is 0 Å². The zero-order valence-electron chi connectivity index (χ0n) is 53.1. The Kier molecular flexibility index (Phi) is 31.1. The minimum absolute atomic E-state index is 0.00302. The Hall–Kier alpha value is -10.4. The number of nitrogens with zero attached hydrogens (tertiary/aromatic N) is 3. The second-order valence-corrected chi connectivity index (χ2v) is 22.9. The Morgan fingerprint density at radius 3 is 1.89 bits per heavy atom. The number of carbonyl (C=O) groups excluding carboxylic acids is 12. The van der Waals surface area contributed by atoms with Crippen molar-refractivity contribution in [3.63, 3.8) is 0 Å². The van der Waals surface area contributed by atoms with E-state index in [0.29, 0.717) is 37.9 Å². The van der Waals surface area contributed by atoms with Crippen molar-refractivity contribution < 1.29 is 62.6 Å². The summed E-state index contributed by atoms with van der Waals surface area (Å²) < 4.78 is 0. The van der Waals surface area contributed by atoms with Gasteiger partial charge in [0.05, 0.1) is 25.6 Å². The van der Waals surface area contributed by atoms with E-state index in [9.17, 15) is 62.6 Å². The van der Waals surface area contributed by atoms with Gasteiger partial charge in [-0.2, -0.15) is 0 Å². The molecule has 0 aliphatic carbocycles. The molecule has 2 saturated heterocycles. The lowest BCUT2D eigenvalue weighted by Crippen LogP contribution is -2.62. The number of carbonyl (C=O) groups is 12. The molecule has 3 aromatic rings. The zero-order valence-corrected chi connectivity index (χ0v) is 53.1. The topological polar surface area (TPSA) is 541 Å². The second kappa shape index (κ2) is 39.2. The molecule has 33 heteroatoms. The number of primary amides is 1. The molecule has 5 rings (SSSR count). The largest absolute Gasteiger partial charge is 0.508 e. The summed E-state index contributed by atoms with van der Waals surface area (Å²) >= 11 is 0. The minimum atomic E-state index is -1.79. The summed E-state index contributed by atoms with van der Waals surface area (Å²) in [6.45, 7) is 0.0134. The average Bonchev–Trinajstić information content (AvgIpc) is 2.21. The lowest BCUT2D eigenvalue weighted by atomic mass is 10.0. The zero-order chi connectivity index (χ0) is 69.4. The van der Waals surface area contributed by atoms with E-state index in [2.05, 4.69) is 68.5 Å². The van der Waals surface area contributed by atoms with Crippen LogP contribution >= 0.6 is 0 Å². The van der Waals surface area contributed by atoms with Crippen molar-refractivity contribution in [3.8, 4) is 5.75 Å². The van der Waals surface area contributed by atoms with E-state index in [1.807, 2.05) is 30.3 Å². The van der Waals surface area contributed by atoms with Gasteiger partial charge in [0.15, 0.2) is 11.9 Å². The maximum absolute atomic E-state index is 14.7. The fourth-order valence-electron chi connectivity index (χ4n) is 10.3. The third-order valence-corrected chi connectivity index (χ3v) is 15.4. The van der Waals surface area contributed by atoms with Gasteiger partial charge in [-0.3, -0.25) is 67.5 Å². The quantitative estimate of drug-likeness (QED) is 0.0153. The molecule has 2 aliphatic rings. The predicted octanol–water partition coefficient (Wildman–Crippen LogP) is -5.79. The van der Waals surface area contributed by atoms with Gasteiger partial charge in [0.2, 0.25) is 70.9 Å². The maximum Gasteiger partial charge on any atom is 0.245 e. The molecule has 0 spiro atoms. The number of nitrogens with two attached hydrogens (primary N) is 6. The van der Waals surface area contributed by atoms with Crippen LogP contribution in [0.3, 0.4) is 0 Å². The molecule has 0 aromatic heterocycles. The lowest BCUT2D eigenvalue weighted by Gasteiger charge is -2.31. The summed E-state index contributed by atoms with van der Waals surface area (Å²) in [4.78, 5) is 176. The van der Waals surface area contributed by atoms with E-state index in [1.165, 1.54) is 24.0 Å². The van der Waals surface area contributed by atoms with Crippen LogP contribution in [0.2, 0.25) is 0 Å². The third kappa shape index (κ3) is 26.6. The molecule has 12 amide bonds. The first-order valence-electron chi connectivity index (χ1n) is 31.3. The van der Waals surface area contributed by atoms with Crippen LogP contribution in [-0.2, 0) is 76.9 Å². The highest BCUT2D eigenvalue weighted by Crippen LogP contribution is 2.21. The summed E-state index contributed by atoms with van der Waals surface area (Å²) in [5.74, 6) is -10.8. The molecular weight excluding hydrogens is 1230 g/mol. The van der Waals surface area contributed by atoms with Crippen LogP contribution in [-0.4, -0.2) is 193 Å². The van der Waals surface area contributed by atoms with Crippen molar-refractivity contribution in [2.24, 2.45) is 44.4 Å². The number of rotatable bonds is 33. The number of aromatic hydroxyl groups is 1. The lowest BCUT2D eigenvalue weighted by molar-refractivity contribution is -0.142. The van der Waals surface area contributed by atoms with E-state index < -0.39 is 151 Å². The van der Waals surface area contributed by atoms with Gasteiger partial charge in [-0.1, -0.05) is 72.8 Å². The maximum atomic E-state index is 14.7. The highest BCUT2D eigenvalue weighted by Gasteiger charge is 2.40. The van der Waals surface area contributed by atoms with Crippen LogP contribution in [0.4, 0.5) is 0 Å². The molecule has 0 radical (unpaired) electrons. The highest BCUT2D eigenvalue weighted by atomic mass is 16.3. The molecule has 1 unspecified atom stereocenters. The Labute approximate surface area is 549 Å². The number of phenols is 1. The molecular formula is C62H90N20O13. The molecule has 0 saturated carbocycles. The van der Waals surface area contributed by atoms with Crippen LogP contribution in [0.15, 0.2) is 94.9 Å². The van der Waals surface area contributed by atoms with Crippen molar-refractivity contribution in [2.45, 2.75) is 145 Å². The molecule has 2 heterocycles. The number of likely N-dealkylation sites (tertiary alicyclic amines) is 1. The van der Waals surface area contributed by atoms with Crippen LogP contribution in [0.25, 0.3) is 0 Å². The van der Waals surface area contributed by atoms with Gasteiger partial charge in [-0.05, 0) is 106 Å². The van der Waals surface area contributed by atoms with Crippen molar-refractivity contribution in [1.82, 2.24) is 63.4 Å². The van der Waals surface area contributed by atoms with Crippen molar-refractivity contribution in [3.05, 3.63) is 102 Å². The van der Waals surface area contributed by atoms with Gasteiger partial charge in [0.1, 0.15) is 54.1 Å². The molecule has 0 bridgehead atoms. The highest BCUT2D eigenvalue weighted by molar-refractivity contribution is 6.00.